The summed E-state index contributed by atoms with van der Waals surface area (Å²) in [6, 6.07) is 5.02. The van der Waals surface area contributed by atoms with E-state index in [9.17, 15) is 4.39 Å². The Hall–Kier alpha value is -1.98. The van der Waals surface area contributed by atoms with Crippen molar-refractivity contribution in [3.05, 3.63) is 54.0 Å². The van der Waals surface area contributed by atoms with Gasteiger partial charge in [-0.05, 0) is 50.2 Å². The lowest BCUT2D eigenvalue weighted by Gasteiger charge is -2.12. The standard InChI is InChI=1S/C17H17FN4.ClH/c1-21-6-2-3-16-15(10-21)14-7-12(18)4-5-17(14)22(16)13-8-19-11-20-9-13;/h4-5,7-9,11H,2-3,6,10H2,1H3;1H. The molecule has 1 aliphatic heterocycles. The lowest BCUT2D eigenvalue weighted by molar-refractivity contribution is 0.333. The molecule has 0 atom stereocenters. The Morgan fingerprint density at radius 3 is 2.74 bits per heavy atom. The molecule has 0 aliphatic carbocycles. The minimum atomic E-state index is -0.191. The molecule has 1 aliphatic rings. The quantitative estimate of drug-likeness (QED) is 0.685. The third kappa shape index (κ3) is 2.71. The van der Waals surface area contributed by atoms with Crippen molar-refractivity contribution in [1.29, 1.82) is 0 Å². The van der Waals surface area contributed by atoms with Crippen molar-refractivity contribution in [1.82, 2.24) is 19.4 Å². The highest BCUT2D eigenvalue weighted by atomic mass is 35.5. The number of rotatable bonds is 1. The van der Waals surface area contributed by atoms with Crippen molar-refractivity contribution < 1.29 is 4.39 Å². The van der Waals surface area contributed by atoms with Crippen LogP contribution in [-0.2, 0) is 13.0 Å². The number of hydrogen-bond acceptors (Lipinski definition) is 3. The maximum Gasteiger partial charge on any atom is 0.123 e. The van der Waals surface area contributed by atoms with Crippen LogP contribution in [0.25, 0.3) is 16.6 Å². The summed E-state index contributed by atoms with van der Waals surface area (Å²) in [5.41, 5.74) is 4.43. The molecule has 0 saturated heterocycles. The van der Waals surface area contributed by atoms with Gasteiger partial charge in [0.25, 0.3) is 0 Å². The van der Waals surface area contributed by atoms with Gasteiger partial charge in [-0.3, -0.25) is 0 Å². The van der Waals surface area contributed by atoms with Crippen molar-refractivity contribution >= 4 is 23.3 Å². The van der Waals surface area contributed by atoms with Gasteiger partial charge in [0.05, 0.1) is 23.6 Å². The fourth-order valence-electron chi connectivity index (χ4n) is 3.39. The molecular formula is C17H18ClFN4. The van der Waals surface area contributed by atoms with Crippen LogP contribution in [0.15, 0.2) is 36.9 Å². The molecule has 0 spiro atoms. The van der Waals surface area contributed by atoms with E-state index in [0.29, 0.717) is 0 Å². The van der Waals surface area contributed by atoms with Gasteiger partial charge in [0.2, 0.25) is 0 Å². The van der Waals surface area contributed by atoms with Crippen molar-refractivity contribution in [2.75, 3.05) is 13.6 Å². The number of aromatic nitrogens is 3. The molecule has 0 unspecified atom stereocenters. The van der Waals surface area contributed by atoms with Crippen molar-refractivity contribution in [3.8, 4) is 5.69 Å². The van der Waals surface area contributed by atoms with E-state index in [1.807, 2.05) is 18.5 Å². The van der Waals surface area contributed by atoms with Crippen molar-refractivity contribution in [2.45, 2.75) is 19.4 Å². The summed E-state index contributed by atoms with van der Waals surface area (Å²) in [6.07, 6.45) is 7.22. The minimum absolute atomic E-state index is 0. The Morgan fingerprint density at radius 2 is 1.96 bits per heavy atom. The first-order valence-electron chi connectivity index (χ1n) is 7.49. The Morgan fingerprint density at radius 1 is 1.17 bits per heavy atom. The summed E-state index contributed by atoms with van der Waals surface area (Å²) in [5.74, 6) is -0.191. The Kier molecular flexibility index (Phi) is 4.33. The van der Waals surface area contributed by atoms with E-state index in [0.717, 1.165) is 42.5 Å². The second kappa shape index (κ2) is 6.26. The molecule has 3 aromatic rings. The van der Waals surface area contributed by atoms with Gasteiger partial charge in [-0.2, -0.15) is 0 Å². The van der Waals surface area contributed by atoms with Gasteiger partial charge in [-0.25, -0.2) is 14.4 Å². The summed E-state index contributed by atoms with van der Waals surface area (Å²) < 4.78 is 16.0. The SMILES string of the molecule is CN1CCCc2c(c3cc(F)ccc3n2-c2cncnc2)C1.Cl. The van der Waals surface area contributed by atoms with Crippen LogP contribution in [-0.4, -0.2) is 33.0 Å². The van der Waals surface area contributed by atoms with Crippen LogP contribution < -0.4 is 0 Å². The summed E-state index contributed by atoms with van der Waals surface area (Å²) in [4.78, 5) is 10.6. The van der Waals surface area contributed by atoms with Crippen molar-refractivity contribution in [3.63, 3.8) is 0 Å². The number of nitrogens with zero attached hydrogens (tertiary/aromatic N) is 4. The van der Waals surface area contributed by atoms with E-state index in [1.165, 1.54) is 23.7 Å². The van der Waals surface area contributed by atoms with Crippen LogP contribution in [0, 0.1) is 5.82 Å². The fourth-order valence-corrected chi connectivity index (χ4v) is 3.39. The maximum atomic E-state index is 13.8. The molecule has 0 N–H and O–H groups in total. The predicted molar refractivity (Wildman–Crippen MR) is 90.7 cm³/mol. The molecule has 23 heavy (non-hydrogen) atoms. The molecule has 1 aromatic carbocycles. The van der Waals surface area contributed by atoms with Crippen LogP contribution in [0.1, 0.15) is 17.7 Å². The van der Waals surface area contributed by atoms with Gasteiger partial charge >= 0.3 is 0 Å². The molecule has 4 rings (SSSR count). The average molecular weight is 333 g/mol. The van der Waals surface area contributed by atoms with E-state index in [1.54, 1.807) is 6.07 Å². The highest BCUT2D eigenvalue weighted by Gasteiger charge is 2.22. The molecule has 4 nitrogen and oxygen atoms in total. The van der Waals surface area contributed by atoms with E-state index in [2.05, 4.69) is 26.5 Å². The van der Waals surface area contributed by atoms with E-state index < -0.39 is 0 Å². The van der Waals surface area contributed by atoms with Crippen LogP contribution in [0.2, 0.25) is 0 Å². The molecule has 0 saturated carbocycles. The Labute approximate surface area is 140 Å². The van der Waals surface area contributed by atoms with Gasteiger partial charge in [0.15, 0.2) is 0 Å². The van der Waals surface area contributed by atoms with Gasteiger partial charge < -0.3 is 9.47 Å². The summed E-state index contributed by atoms with van der Waals surface area (Å²) in [6.45, 7) is 1.90. The molecule has 6 heteroatoms. The van der Waals surface area contributed by atoms with Gasteiger partial charge in [0, 0.05) is 17.6 Å². The Bertz CT molecular complexity index is 831. The second-order valence-corrected chi connectivity index (χ2v) is 5.86. The molecule has 0 radical (unpaired) electrons. The van der Waals surface area contributed by atoms with Gasteiger partial charge in [0.1, 0.15) is 12.1 Å². The predicted octanol–water partition coefficient (Wildman–Crippen LogP) is 3.36. The normalized spacial score (nSPS) is 15.0. The largest absolute Gasteiger partial charge is 0.310 e. The molecule has 0 fully saturated rings. The third-order valence-electron chi connectivity index (χ3n) is 4.33. The second-order valence-electron chi connectivity index (χ2n) is 5.86. The minimum Gasteiger partial charge on any atom is -0.310 e. The highest BCUT2D eigenvalue weighted by molar-refractivity contribution is 5.87. The lowest BCUT2D eigenvalue weighted by atomic mass is 10.1. The zero-order chi connectivity index (χ0) is 15.1. The number of halogens is 2. The monoisotopic (exact) mass is 332 g/mol. The maximum absolute atomic E-state index is 13.8. The first kappa shape index (κ1) is 15.9. The first-order valence-corrected chi connectivity index (χ1v) is 7.49. The smallest absolute Gasteiger partial charge is 0.123 e. The zero-order valence-electron chi connectivity index (χ0n) is 12.9. The fraction of sp³-hybridized carbons (Fsp3) is 0.294. The summed E-state index contributed by atoms with van der Waals surface area (Å²) in [5, 5.41) is 0.993. The average Bonchev–Trinajstić information content (AvgIpc) is 2.68. The van der Waals surface area contributed by atoms with Crippen molar-refractivity contribution in [2.24, 2.45) is 0 Å². The topological polar surface area (TPSA) is 34.0 Å². The number of fused-ring (bicyclic) bond motifs is 3. The summed E-state index contributed by atoms with van der Waals surface area (Å²) >= 11 is 0. The molecule has 2 aromatic heterocycles. The Balaban J connectivity index is 0.00000156. The molecular weight excluding hydrogens is 315 g/mol. The van der Waals surface area contributed by atoms with Crippen LogP contribution in [0.5, 0.6) is 0 Å². The van der Waals surface area contributed by atoms with E-state index in [-0.39, 0.29) is 18.2 Å². The molecule has 0 bridgehead atoms. The van der Waals surface area contributed by atoms with Crippen LogP contribution in [0.3, 0.4) is 0 Å². The van der Waals surface area contributed by atoms with E-state index in [4.69, 9.17) is 0 Å². The third-order valence-corrected chi connectivity index (χ3v) is 4.33. The van der Waals surface area contributed by atoms with E-state index >= 15 is 0 Å². The summed E-state index contributed by atoms with van der Waals surface area (Å²) in [7, 11) is 2.11. The molecule has 0 amide bonds. The number of benzene rings is 1. The van der Waals surface area contributed by atoms with Crippen LogP contribution in [0.4, 0.5) is 4.39 Å². The molecule has 3 heterocycles. The first-order chi connectivity index (χ1) is 10.7. The molecule has 120 valence electrons. The highest BCUT2D eigenvalue weighted by Crippen LogP contribution is 2.33. The lowest BCUT2D eigenvalue weighted by Crippen LogP contribution is -2.17. The number of hydrogen-bond donors (Lipinski definition) is 0. The zero-order valence-corrected chi connectivity index (χ0v) is 13.7. The van der Waals surface area contributed by atoms with Gasteiger partial charge in [-0.1, -0.05) is 0 Å². The van der Waals surface area contributed by atoms with Gasteiger partial charge in [-0.15, -0.1) is 12.4 Å². The van der Waals surface area contributed by atoms with Crippen LogP contribution >= 0.6 is 12.4 Å².